The van der Waals surface area contributed by atoms with Crippen molar-refractivity contribution in [1.82, 2.24) is 25.1 Å². The maximum atomic E-state index is 12.3. The standard InChI is InChI=1S/C15H11ClN6OS2/c16-8-3-1-7(2-4-8)10-5-9-12(25-10)13(23)19-11(18-9)6-24-15-20-14(17)21-22-15/h1-5H,6H2,(H,18,19,23)(H3,17,20,21,22). The first kappa shape index (κ1) is 16.1. The van der Waals surface area contributed by atoms with E-state index in [4.69, 9.17) is 17.3 Å². The van der Waals surface area contributed by atoms with Crippen LogP contribution in [0.4, 0.5) is 5.95 Å². The van der Waals surface area contributed by atoms with Gasteiger partial charge in [0.25, 0.3) is 5.56 Å². The molecule has 0 aliphatic rings. The first-order chi connectivity index (χ1) is 12.1. The summed E-state index contributed by atoms with van der Waals surface area (Å²) >= 11 is 8.67. The topological polar surface area (TPSA) is 113 Å². The van der Waals surface area contributed by atoms with Gasteiger partial charge in [0.1, 0.15) is 10.5 Å². The lowest BCUT2D eigenvalue weighted by Crippen LogP contribution is -2.09. The number of thioether (sulfide) groups is 1. The van der Waals surface area contributed by atoms with E-state index in [1.807, 2.05) is 30.3 Å². The van der Waals surface area contributed by atoms with Crippen LogP contribution in [0, 0.1) is 0 Å². The van der Waals surface area contributed by atoms with Crippen molar-refractivity contribution in [1.29, 1.82) is 0 Å². The summed E-state index contributed by atoms with van der Waals surface area (Å²) in [6, 6.07) is 9.40. The number of hydrogen-bond donors (Lipinski definition) is 3. The molecule has 0 saturated carbocycles. The molecule has 4 aromatic rings. The Bertz CT molecular complexity index is 1100. The molecule has 25 heavy (non-hydrogen) atoms. The van der Waals surface area contributed by atoms with Crippen LogP contribution in [0.5, 0.6) is 0 Å². The fraction of sp³-hybridized carbons (Fsp3) is 0.0667. The van der Waals surface area contributed by atoms with E-state index in [0.29, 0.717) is 32.0 Å². The number of nitrogens with one attached hydrogen (secondary N) is 2. The van der Waals surface area contributed by atoms with Crippen LogP contribution < -0.4 is 11.3 Å². The van der Waals surface area contributed by atoms with E-state index in [1.165, 1.54) is 23.1 Å². The van der Waals surface area contributed by atoms with E-state index in [0.717, 1.165) is 10.4 Å². The molecule has 0 radical (unpaired) electrons. The molecule has 126 valence electrons. The molecule has 0 spiro atoms. The Morgan fingerprint density at radius 2 is 2.04 bits per heavy atom. The zero-order chi connectivity index (χ0) is 17.4. The number of hydrogen-bond acceptors (Lipinski definition) is 7. The molecule has 0 fully saturated rings. The van der Waals surface area contributed by atoms with Gasteiger partial charge in [-0.25, -0.2) is 10.1 Å². The van der Waals surface area contributed by atoms with E-state index >= 15 is 0 Å². The van der Waals surface area contributed by atoms with Crippen molar-refractivity contribution < 1.29 is 0 Å². The summed E-state index contributed by atoms with van der Waals surface area (Å²) in [4.78, 5) is 24.7. The number of nitrogen functional groups attached to an aromatic ring is 1. The van der Waals surface area contributed by atoms with Crippen molar-refractivity contribution in [2.75, 3.05) is 5.73 Å². The largest absolute Gasteiger partial charge is 0.368 e. The van der Waals surface area contributed by atoms with E-state index in [9.17, 15) is 4.79 Å². The molecule has 0 unspecified atom stereocenters. The molecule has 0 bridgehead atoms. The molecule has 0 saturated heterocycles. The Morgan fingerprint density at radius 1 is 1.24 bits per heavy atom. The minimum atomic E-state index is -0.152. The lowest BCUT2D eigenvalue weighted by Gasteiger charge is -1.98. The van der Waals surface area contributed by atoms with Crippen molar-refractivity contribution >= 4 is 50.9 Å². The van der Waals surface area contributed by atoms with Crippen molar-refractivity contribution in [2.45, 2.75) is 10.9 Å². The average molecular weight is 391 g/mol. The number of aromatic nitrogens is 5. The number of benzene rings is 1. The maximum Gasteiger partial charge on any atom is 0.268 e. The number of aromatic amines is 2. The van der Waals surface area contributed by atoms with Gasteiger partial charge in [-0.3, -0.25) is 4.79 Å². The van der Waals surface area contributed by atoms with Crippen LogP contribution in [-0.2, 0) is 5.75 Å². The Balaban J connectivity index is 1.64. The second-order valence-corrected chi connectivity index (χ2v) is 7.57. The van der Waals surface area contributed by atoms with Gasteiger partial charge >= 0.3 is 0 Å². The number of nitrogens with two attached hydrogens (primary N) is 1. The summed E-state index contributed by atoms with van der Waals surface area (Å²) in [6.07, 6.45) is 0. The van der Waals surface area contributed by atoms with E-state index in [1.54, 1.807) is 0 Å². The number of fused-ring (bicyclic) bond motifs is 1. The number of nitrogens with zero attached hydrogens (tertiary/aromatic N) is 3. The van der Waals surface area contributed by atoms with E-state index < -0.39 is 0 Å². The van der Waals surface area contributed by atoms with Crippen LogP contribution in [0.3, 0.4) is 0 Å². The molecule has 0 atom stereocenters. The summed E-state index contributed by atoms with van der Waals surface area (Å²) in [5.74, 6) is 1.25. The first-order valence-electron chi connectivity index (χ1n) is 7.18. The second kappa shape index (κ2) is 6.51. The molecule has 0 amide bonds. The van der Waals surface area contributed by atoms with Crippen LogP contribution in [0.15, 0.2) is 40.3 Å². The van der Waals surface area contributed by atoms with Gasteiger partial charge < -0.3 is 10.7 Å². The Kier molecular flexibility index (Phi) is 4.20. The smallest absolute Gasteiger partial charge is 0.268 e. The predicted octanol–water partition coefficient (Wildman–Crippen LogP) is 3.30. The fourth-order valence-corrected chi connectivity index (χ4v) is 4.07. The van der Waals surface area contributed by atoms with Gasteiger partial charge in [0.05, 0.1) is 11.3 Å². The first-order valence-corrected chi connectivity index (χ1v) is 9.36. The van der Waals surface area contributed by atoms with Crippen molar-refractivity contribution in [3.05, 3.63) is 51.5 Å². The lowest BCUT2D eigenvalue weighted by molar-refractivity contribution is 0.966. The second-order valence-electron chi connectivity index (χ2n) is 5.14. The molecular weight excluding hydrogens is 380 g/mol. The van der Waals surface area contributed by atoms with Gasteiger partial charge in [0, 0.05) is 9.90 Å². The maximum absolute atomic E-state index is 12.3. The van der Waals surface area contributed by atoms with Crippen LogP contribution >= 0.6 is 34.7 Å². The number of halogens is 1. The van der Waals surface area contributed by atoms with Crippen molar-refractivity contribution in [3.63, 3.8) is 0 Å². The van der Waals surface area contributed by atoms with Crippen molar-refractivity contribution in [3.8, 4) is 10.4 Å². The van der Waals surface area contributed by atoms with E-state index in [2.05, 4.69) is 25.1 Å². The Labute approximate surface area is 154 Å². The van der Waals surface area contributed by atoms with Gasteiger partial charge in [-0.2, -0.15) is 4.98 Å². The minimum absolute atomic E-state index is 0.152. The SMILES string of the molecule is Nc1nc(SCc2nc3cc(-c4ccc(Cl)cc4)sc3c(=O)[nH]2)n[nH]1. The molecule has 3 heterocycles. The zero-order valence-electron chi connectivity index (χ0n) is 12.6. The summed E-state index contributed by atoms with van der Waals surface area (Å²) in [7, 11) is 0. The van der Waals surface area contributed by atoms with Crippen LogP contribution in [0.2, 0.25) is 5.02 Å². The average Bonchev–Trinajstić information content (AvgIpc) is 3.20. The molecular formula is C15H11ClN6OS2. The minimum Gasteiger partial charge on any atom is -0.368 e. The fourth-order valence-electron chi connectivity index (χ4n) is 2.27. The van der Waals surface area contributed by atoms with Gasteiger partial charge in [-0.1, -0.05) is 35.5 Å². The third-order valence-corrected chi connectivity index (χ3v) is 5.66. The Hall–Kier alpha value is -2.36. The molecule has 0 aliphatic carbocycles. The number of thiophene rings is 1. The number of anilines is 1. The lowest BCUT2D eigenvalue weighted by atomic mass is 10.2. The van der Waals surface area contributed by atoms with Gasteiger partial charge in [0.2, 0.25) is 11.1 Å². The summed E-state index contributed by atoms with van der Waals surface area (Å²) < 4.78 is 0.598. The van der Waals surface area contributed by atoms with Crippen LogP contribution in [-0.4, -0.2) is 25.1 Å². The molecule has 3 aromatic heterocycles. The van der Waals surface area contributed by atoms with Crippen LogP contribution in [0.1, 0.15) is 5.82 Å². The molecule has 7 nitrogen and oxygen atoms in total. The highest BCUT2D eigenvalue weighted by atomic mass is 35.5. The molecule has 1 aromatic carbocycles. The third kappa shape index (κ3) is 3.39. The third-order valence-electron chi connectivity index (χ3n) is 3.38. The summed E-state index contributed by atoms with van der Waals surface area (Å²) in [5.41, 5.74) is 7.01. The molecule has 10 heteroatoms. The number of H-pyrrole nitrogens is 2. The molecule has 4 rings (SSSR count). The highest BCUT2D eigenvalue weighted by molar-refractivity contribution is 7.98. The van der Waals surface area contributed by atoms with Crippen molar-refractivity contribution in [2.24, 2.45) is 0 Å². The zero-order valence-corrected chi connectivity index (χ0v) is 15.0. The van der Waals surface area contributed by atoms with Crippen LogP contribution in [0.25, 0.3) is 20.7 Å². The van der Waals surface area contributed by atoms with Gasteiger partial charge in [0.15, 0.2) is 0 Å². The van der Waals surface area contributed by atoms with Gasteiger partial charge in [-0.15, -0.1) is 16.4 Å². The van der Waals surface area contributed by atoms with Gasteiger partial charge in [-0.05, 0) is 23.8 Å². The normalized spacial score (nSPS) is 11.2. The highest BCUT2D eigenvalue weighted by Gasteiger charge is 2.11. The summed E-state index contributed by atoms with van der Waals surface area (Å²) in [5, 5.41) is 7.69. The monoisotopic (exact) mass is 390 g/mol. The number of rotatable bonds is 4. The van der Waals surface area contributed by atoms with E-state index in [-0.39, 0.29) is 11.5 Å². The molecule has 0 aliphatic heterocycles. The quantitative estimate of drug-likeness (QED) is 0.461. The molecule has 4 N–H and O–H groups in total. The Morgan fingerprint density at radius 3 is 2.76 bits per heavy atom. The highest BCUT2D eigenvalue weighted by Crippen LogP contribution is 2.31. The summed E-state index contributed by atoms with van der Waals surface area (Å²) in [6.45, 7) is 0. The predicted molar refractivity (Wildman–Crippen MR) is 101 cm³/mol.